The lowest BCUT2D eigenvalue weighted by Gasteiger charge is -2.32. The molecule has 1 saturated carbocycles. The van der Waals surface area contributed by atoms with Crippen LogP contribution in [0.1, 0.15) is 32.6 Å². The van der Waals surface area contributed by atoms with Crippen molar-refractivity contribution in [1.29, 1.82) is 0 Å². The second-order valence-corrected chi connectivity index (χ2v) is 5.88. The molecule has 13 heavy (non-hydrogen) atoms. The maximum Gasteiger partial charge on any atom is 0.0669 e. The first kappa shape index (κ1) is 9.85. The number of aliphatic hydroxyl groups excluding tert-OH is 1. The van der Waals surface area contributed by atoms with Gasteiger partial charge in [0, 0.05) is 5.75 Å². The van der Waals surface area contributed by atoms with Crippen LogP contribution in [0.2, 0.25) is 0 Å². The zero-order chi connectivity index (χ0) is 9.26. The van der Waals surface area contributed by atoms with E-state index in [2.05, 4.69) is 6.92 Å². The van der Waals surface area contributed by atoms with E-state index in [4.69, 9.17) is 0 Å². The van der Waals surface area contributed by atoms with E-state index in [0.717, 1.165) is 17.6 Å². The molecule has 2 fully saturated rings. The first-order chi connectivity index (χ1) is 6.27. The van der Waals surface area contributed by atoms with Gasteiger partial charge in [0.1, 0.15) is 0 Å². The first-order valence-corrected chi connectivity index (χ1v) is 6.68. The van der Waals surface area contributed by atoms with Gasteiger partial charge in [-0.15, -0.1) is 0 Å². The van der Waals surface area contributed by atoms with Gasteiger partial charge in [-0.2, -0.15) is 11.8 Å². The summed E-state index contributed by atoms with van der Waals surface area (Å²) in [4.78, 5) is 0. The van der Waals surface area contributed by atoms with Gasteiger partial charge in [0.2, 0.25) is 0 Å². The molecule has 1 heterocycles. The molecule has 0 bridgehead atoms. The molecule has 76 valence electrons. The SMILES string of the molecule is CC1CCCC(C2CSCC2O)C1. The van der Waals surface area contributed by atoms with Crippen molar-refractivity contribution < 1.29 is 5.11 Å². The summed E-state index contributed by atoms with van der Waals surface area (Å²) in [6, 6.07) is 0. The standard InChI is InChI=1S/C11H20OS/c1-8-3-2-4-9(5-8)10-6-13-7-11(10)12/h8-12H,2-7H2,1H3. The molecule has 0 aromatic rings. The summed E-state index contributed by atoms with van der Waals surface area (Å²) in [7, 11) is 0. The van der Waals surface area contributed by atoms with Gasteiger partial charge in [-0.05, 0) is 29.9 Å². The third-order valence-corrected chi connectivity index (χ3v) is 4.87. The molecule has 1 saturated heterocycles. The molecule has 1 nitrogen and oxygen atoms in total. The second kappa shape index (κ2) is 4.22. The van der Waals surface area contributed by atoms with Crippen LogP contribution in [0.3, 0.4) is 0 Å². The highest BCUT2D eigenvalue weighted by atomic mass is 32.2. The Kier molecular flexibility index (Phi) is 3.20. The van der Waals surface area contributed by atoms with Gasteiger partial charge >= 0.3 is 0 Å². The summed E-state index contributed by atoms with van der Waals surface area (Å²) >= 11 is 1.94. The lowest BCUT2D eigenvalue weighted by Crippen LogP contribution is -2.29. The highest BCUT2D eigenvalue weighted by Gasteiger charge is 2.34. The van der Waals surface area contributed by atoms with Gasteiger partial charge in [0.15, 0.2) is 0 Å². The van der Waals surface area contributed by atoms with Crippen LogP contribution >= 0.6 is 11.8 Å². The zero-order valence-corrected chi connectivity index (χ0v) is 9.22. The van der Waals surface area contributed by atoms with Crippen molar-refractivity contribution in [1.82, 2.24) is 0 Å². The molecule has 1 aliphatic heterocycles. The Labute approximate surface area is 85.3 Å². The molecule has 0 radical (unpaired) electrons. The van der Waals surface area contributed by atoms with Crippen LogP contribution < -0.4 is 0 Å². The highest BCUT2D eigenvalue weighted by Crippen LogP contribution is 2.39. The number of aliphatic hydroxyl groups is 1. The average Bonchev–Trinajstić information content (AvgIpc) is 2.51. The molecule has 0 amide bonds. The lowest BCUT2D eigenvalue weighted by atomic mass is 9.75. The molecule has 0 spiro atoms. The van der Waals surface area contributed by atoms with E-state index in [9.17, 15) is 5.11 Å². The van der Waals surface area contributed by atoms with Gasteiger partial charge < -0.3 is 5.11 Å². The van der Waals surface area contributed by atoms with Crippen molar-refractivity contribution in [2.24, 2.45) is 17.8 Å². The molecule has 2 rings (SSSR count). The van der Waals surface area contributed by atoms with Crippen molar-refractivity contribution in [3.05, 3.63) is 0 Å². The fourth-order valence-corrected chi connectivity index (χ4v) is 4.27. The Morgan fingerprint density at radius 1 is 1.23 bits per heavy atom. The molecule has 4 unspecified atom stereocenters. The number of hydrogen-bond acceptors (Lipinski definition) is 2. The molecular formula is C11H20OS. The number of rotatable bonds is 1. The molecule has 1 N–H and O–H groups in total. The van der Waals surface area contributed by atoms with Crippen molar-refractivity contribution >= 4 is 11.8 Å². The van der Waals surface area contributed by atoms with Crippen molar-refractivity contribution in [3.8, 4) is 0 Å². The Morgan fingerprint density at radius 2 is 2.08 bits per heavy atom. The van der Waals surface area contributed by atoms with Crippen molar-refractivity contribution in [2.45, 2.75) is 38.7 Å². The van der Waals surface area contributed by atoms with Gasteiger partial charge in [-0.1, -0.05) is 26.2 Å². The highest BCUT2D eigenvalue weighted by molar-refractivity contribution is 7.99. The van der Waals surface area contributed by atoms with Crippen LogP contribution in [0.4, 0.5) is 0 Å². The third-order valence-electron chi connectivity index (χ3n) is 3.68. The molecule has 2 aliphatic rings. The van der Waals surface area contributed by atoms with Crippen LogP contribution in [0.5, 0.6) is 0 Å². The number of thioether (sulfide) groups is 1. The Bertz CT molecular complexity index is 171. The summed E-state index contributed by atoms with van der Waals surface area (Å²) in [5, 5.41) is 9.81. The molecule has 1 aliphatic carbocycles. The Hall–Kier alpha value is 0.310. The van der Waals surface area contributed by atoms with Crippen LogP contribution in [0.25, 0.3) is 0 Å². The Balaban J connectivity index is 1.91. The van der Waals surface area contributed by atoms with E-state index < -0.39 is 0 Å². The van der Waals surface area contributed by atoms with Crippen LogP contribution in [0.15, 0.2) is 0 Å². The molecule has 2 heteroatoms. The van der Waals surface area contributed by atoms with E-state index in [1.54, 1.807) is 0 Å². The maximum atomic E-state index is 9.81. The first-order valence-electron chi connectivity index (χ1n) is 5.53. The predicted molar refractivity (Wildman–Crippen MR) is 57.9 cm³/mol. The lowest BCUT2D eigenvalue weighted by molar-refractivity contribution is 0.0873. The average molecular weight is 200 g/mol. The van der Waals surface area contributed by atoms with Gasteiger partial charge in [0.05, 0.1) is 6.10 Å². The zero-order valence-electron chi connectivity index (χ0n) is 8.41. The van der Waals surface area contributed by atoms with Gasteiger partial charge in [-0.25, -0.2) is 0 Å². The summed E-state index contributed by atoms with van der Waals surface area (Å²) in [5.74, 6) is 4.53. The van der Waals surface area contributed by atoms with Gasteiger partial charge in [0.25, 0.3) is 0 Å². The summed E-state index contributed by atoms with van der Waals surface area (Å²) < 4.78 is 0. The molecule has 0 aromatic carbocycles. The van der Waals surface area contributed by atoms with Crippen LogP contribution in [0, 0.1) is 17.8 Å². The quantitative estimate of drug-likeness (QED) is 0.702. The van der Waals surface area contributed by atoms with E-state index in [0.29, 0.717) is 5.92 Å². The minimum Gasteiger partial charge on any atom is -0.392 e. The van der Waals surface area contributed by atoms with Gasteiger partial charge in [-0.3, -0.25) is 0 Å². The largest absolute Gasteiger partial charge is 0.392 e. The summed E-state index contributed by atoms with van der Waals surface area (Å²) in [6.07, 6.45) is 5.53. The summed E-state index contributed by atoms with van der Waals surface area (Å²) in [5.41, 5.74) is 0. The van der Waals surface area contributed by atoms with E-state index in [-0.39, 0.29) is 6.10 Å². The van der Waals surface area contributed by atoms with E-state index >= 15 is 0 Å². The molecule has 0 aromatic heterocycles. The van der Waals surface area contributed by atoms with E-state index in [1.165, 1.54) is 31.4 Å². The fraction of sp³-hybridized carbons (Fsp3) is 1.00. The van der Waals surface area contributed by atoms with E-state index in [1.807, 2.05) is 11.8 Å². The normalized spacial score (nSPS) is 46.6. The maximum absolute atomic E-state index is 9.81. The number of hydrogen-bond donors (Lipinski definition) is 1. The molecular weight excluding hydrogens is 180 g/mol. The topological polar surface area (TPSA) is 20.2 Å². The third kappa shape index (κ3) is 2.21. The predicted octanol–water partition coefficient (Wildman–Crippen LogP) is 2.54. The van der Waals surface area contributed by atoms with Crippen LogP contribution in [-0.4, -0.2) is 22.7 Å². The second-order valence-electron chi connectivity index (χ2n) is 4.80. The van der Waals surface area contributed by atoms with Crippen molar-refractivity contribution in [2.75, 3.05) is 11.5 Å². The smallest absolute Gasteiger partial charge is 0.0669 e. The monoisotopic (exact) mass is 200 g/mol. The molecule has 4 atom stereocenters. The Morgan fingerprint density at radius 3 is 2.69 bits per heavy atom. The van der Waals surface area contributed by atoms with Crippen LogP contribution in [-0.2, 0) is 0 Å². The van der Waals surface area contributed by atoms with Crippen molar-refractivity contribution in [3.63, 3.8) is 0 Å². The summed E-state index contributed by atoms with van der Waals surface area (Å²) in [6.45, 7) is 2.36. The minimum absolute atomic E-state index is 0.000278. The minimum atomic E-state index is 0.000278. The fourth-order valence-electron chi connectivity index (χ4n) is 2.88.